The van der Waals surface area contributed by atoms with E-state index in [2.05, 4.69) is 4.72 Å². The van der Waals surface area contributed by atoms with Crippen LogP contribution in [-0.4, -0.2) is 26.0 Å². The van der Waals surface area contributed by atoms with Crippen LogP contribution < -0.4 is 4.72 Å². The van der Waals surface area contributed by atoms with Crippen LogP contribution in [0, 0.1) is 5.92 Å². The molecule has 0 fully saturated rings. The summed E-state index contributed by atoms with van der Waals surface area (Å²) in [4.78, 5) is 11.2. The Balaban J connectivity index is 3.07. The minimum atomic E-state index is -3.66. The number of rotatable bonds is 7. The van der Waals surface area contributed by atoms with Crippen molar-refractivity contribution in [3.8, 4) is 0 Å². The lowest BCUT2D eigenvalue weighted by Gasteiger charge is -2.12. The Hall–Kier alpha value is -1.40. The second kappa shape index (κ2) is 6.85. The maximum Gasteiger partial charge on any atom is 0.336 e. The van der Waals surface area contributed by atoms with Crippen molar-refractivity contribution < 1.29 is 18.3 Å². The lowest BCUT2D eigenvalue weighted by molar-refractivity contribution is 0.0695. The van der Waals surface area contributed by atoms with E-state index in [0.717, 1.165) is 6.42 Å². The number of carboxylic acids is 1. The fourth-order valence-corrected chi connectivity index (χ4v) is 2.90. The molecule has 1 rings (SSSR count). The lowest BCUT2D eigenvalue weighted by atomic mass is 10.1. The first kappa shape index (κ1) is 16.7. The van der Waals surface area contributed by atoms with Crippen LogP contribution in [0.3, 0.4) is 0 Å². The summed E-state index contributed by atoms with van der Waals surface area (Å²) in [5.41, 5.74) is 0.664. The molecule has 0 radical (unpaired) electrons. The average Bonchev–Trinajstić information content (AvgIpc) is 2.43. The van der Waals surface area contributed by atoms with Crippen LogP contribution >= 0.6 is 0 Å². The molecule has 6 heteroatoms. The summed E-state index contributed by atoms with van der Waals surface area (Å²) in [6, 6.07) is 4.23. The van der Waals surface area contributed by atoms with Crippen LogP contribution in [0.15, 0.2) is 23.1 Å². The van der Waals surface area contributed by atoms with E-state index in [1.54, 1.807) is 6.07 Å². The largest absolute Gasteiger partial charge is 0.478 e. The molecular weight excluding hydrogens is 278 g/mol. The summed E-state index contributed by atoms with van der Waals surface area (Å²) in [7, 11) is -3.66. The Labute approximate surface area is 120 Å². The number of benzene rings is 1. The highest BCUT2D eigenvalue weighted by atomic mass is 32.2. The number of hydrogen-bond acceptors (Lipinski definition) is 3. The smallest absolute Gasteiger partial charge is 0.336 e. The molecule has 1 aromatic carbocycles. The number of sulfonamides is 1. The minimum Gasteiger partial charge on any atom is -0.478 e. The monoisotopic (exact) mass is 299 g/mol. The molecule has 5 nitrogen and oxygen atoms in total. The predicted octanol–water partition coefficient (Wildman–Crippen LogP) is 2.27. The van der Waals surface area contributed by atoms with Gasteiger partial charge in [0, 0.05) is 6.54 Å². The minimum absolute atomic E-state index is 0.00426. The van der Waals surface area contributed by atoms with Gasteiger partial charge < -0.3 is 5.11 Å². The average molecular weight is 299 g/mol. The second-order valence-electron chi connectivity index (χ2n) is 4.84. The molecule has 0 saturated carbocycles. The van der Waals surface area contributed by atoms with Gasteiger partial charge >= 0.3 is 5.97 Å². The normalized spacial score (nSPS) is 13.2. The van der Waals surface area contributed by atoms with E-state index in [-0.39, 0.29) is 16.4 Å². The molecule has 0 aromatic heterocycles. The molecular formula is C14H21NO4S. The molecule has 0 aliphatic heterocycles. The van der Waals surface area contributed by atoms with Crippen molar-refractivity contribution in [1.29, 1.82) is 0 Å². The molecule has 0 bridgehead atoms. The van der Waals surface area contributed by atoms with Crippen molar-refractivity contribution in [2.45, 2.75) is 38.5 Å². The molecule has 0 amide bonds. The summed E-state index contributed by atoms with van der Waals surface area (Å²) >= 11 is 0. The van der Waals surface area contributed by atoms with Crippen LogP contribution in [0.25, 0.3) is 0 Å². The van der Waals surface area contributed by atoms with Crippen LogP contribution in [0.5, 0.6) is 0 Å². The highest BCUT2D eigenvalue weighted by Crippen LogP contribution is 2.17. The maximum absolute atomic E-state index is 12.1. The van der Waals surface area contributed by atoms with E-state index in [0.29, 0.717) is 18.5 Å². The molecule has 0 aliphatic rings. The third-order valence-electron chi connectivity index (χ3n) is 3.32. The van der Waals surface area contributed by atoms with Crippen molar-refractivity contribution in [3.63, 3.8) is 0 Å². The molecule has 0 saturated heterocycles. The van der Waals surface area contributed by atoms with Gasteiger partial charge in [-0.1, -0.05) is 33.3 Å². The van der Waals surface area contributed by atoms with E-state index in [9.17, 15) is 13.2 Å². The molecule has 1 unspecified atom stereocenters. The molecule has 112 valence electrons. The SMILES string of the molecule is CCc1ccc(S(=O)(=O)NCC(C)CC)cc1C(=O)O. The van der Waals surface area contributed by atoms with Crippen LogP contribution in [-0.2, 0) is 16.4 Å². The second-order valence-corrected chi connectivity index (χ2v) is 6.61. The zero-order valence-corrected chi connectivity index (χ0v) is 12.8. The van der Waals surface area contributed by atoms with E-state index in [4.69, 9.17) is 5.11 Å². The van der Waals surface area contributed by atoms with Crippen LogP contribution in [0.2, 0.25) is 0 Å². The molecule has 1 aromatic rings. The zero-order chi connectivity index (χ0) is 15.3. The third-order valence-corrected chi connectivity index (χ3v) is 4.74. The van der Waals surface area contributed by atoms with Crippen molar-refractivity contribution in [1.82, 2.24) is 4.72 Å². The topological polar surface area (TPSA) is 83.5 Å². The molecule has 2 N–H and O–H groups in total. The summed E-state index contributed by atoms with van der Waals surface area (Å²) in [6.45, 7) is 6.11. The van der Waals surface area contributed by atoms with Crippen molar-refractivity contribution in [2.75, 3.05) is 6.54 Å². The quantitative estimate of drug-likeness (QED) is 0.809. The Morgan fingerprint density at radius 2 is 2.00 bits per heavy atom. The van der Waals surface area contributed by atoms with Gasteiger partial charge in [0.05, 0.1) is 10.5 Å². The van der Waals surface area contributed by atoms with Crippen molar-refractivity contribution in [3.05, 3.63) is 29.3 Å². The van der Waals surface area contributed by atoms with Gasteiger partial charge in [0.2, 0.25) is 10.0 Å². The van der Waals surface area contributed by atoms with Crippen LogP contribution in [0.4, 0.5) is 0 Å². The number of aryl methyl sites for hydroxylation is 1. The van der Waals surface area contributed by atoms with Gasteiger partial charge in [-0.25, -0.2) is 17.9 Å². The van der Waals surface area contributed by atoms with Gasteiger partial charge in [0.1, 0.15) is 0 Å². The molecule has 1 atom stereocenters. The Bertz CT molecular complexity index is 581. The van der Waals surface area contributed by atoms with E-state index < -0.39 is 16.0 Å². The number of carbonyl (C=O) groups is 1. The number of carboxylic acid groups (broad SMARTS) is 1. The van der Waals surface area contributed by atoms with E-state index >= 15 is 0 Å². The van der Waals surface area contributed by atoms with Crippen molar-refractivity contribution in [2.24, 2.45) is 5.92 Å². The first-order valence-electron chi connectivity index (χ1n) is 6.67. The fourth-order valence-electron chi connectivity index (χ4n) is 1.71. The number of nitrogens with one attached hydrogen (secondary N) is 1. The summed E-state index contributed by atoms with van der Waals surface area (Å²) in [5, 5.41) is 9.13. The lowest BCUT2D eigenvalue weighted by Crippen LogP contribution is -2.28. The fraction of sp³-hybridized carbons (Fsp3) is 0.500. The van der Waals surface area contributed by atoms with Gasteiger partial charge in [-0.3, -0.25) is 0 Å². The summed E-state index contributed by atoms with van der Waals surface area (Å²) in [5.74, 6) is -0.875. The van der Waals surface area contributed by atoms with Gasteiger partial charge in [0.25, 0.3) is 0 Å². The Morgan fingerprint density at radius 3 is 2.50 bits per heavy atom. The molecule has 0 aliphatic carbocycles. The van der Waals surface area contributed by atoms with Gasteiger partial charge in [0.15, 0.2) is 0 Å². The van der Waals surface area contributed by atoms with E-state index in [1.165, 1.54) is 12.1 Å². The molecule has 0 heterocycles. The Kier molecular flexibility index (Phi) is 5.71. The molecule has 20 heavy (non-hydrogen) atoms. The predicted molar refractivity (Wildman–Crippen MR) is 77.4 cm³/mol. The third kappa shape index (κ3) is 4.05. The Morgan fingerprint density at radius 1 is 1.35 bits per heavy atom. The van der Waals surface area contributed by atoms with Gasteiger partial charge in [-0.15, -0.1) is 0 Å². The number of hydrogen-bond donors (Lipinski definition) is 2. The van der Waals surface area contributed by atoms with Crippen molar-refractivity contribution >= 4 is 16.0 Å². The maximum atomic E-state index is 12.1. The number of aromatic carboxylic acids is 1. The van der Waals surface area contributed by atoms with Gasteiger partial charge in [-0.05, 0) is 30.0 Å². The summed E-state index contributed by atoms with van der Waals surface area (Å²) in [6.07, 6.45) is 1.42. The first-order chi connectivity index (χ1) is 9.31. The summed E-state index contributed by atoms with van der Waals surface area (Å²) < 4.78 is 26.8. The van der Waals surface area contributed by atoms with Crippen LogP contribution in [0.1, 0.15) is 43.1 Å². The first-order valence-corrected chi connectivity index (χ1v) is 8.16. The highest BCUT2D eigenvalue weighted by Gasteiger charge is 2.18. The standard InChI is InChI=1S/C14H21NO4S/c1-4-10(3)9-15-20(18,19)12-7-6-11(5-2)13(8-12)14(16)17/h6-8,10,15H,4-5,9H2,1-3H3,(H,16,17). The highest BCUT2D eigenvalue weighted by molar-refractivity contribution is 7.89. The van der Waals surface area contributed by atoms with E-state index in [1.807, 2.05) is 20.8 Å². The molecule has 0 spiro atoms. The zero-order valence-electron chi connectivity index (χ0n) is 12.0. The van der Waals surface area contributed by atoms with Gasteiger partial charge in [-0.2, -0.15) is 0 Å².